The summed E-state index contributed by atoms with van der Waals surface area (Å²) in [6, 6.07) is 6.83. The van der Waals surface area contributed by atoms with Crippen molar-refractivity contribution in [2.75, 3.05) is 38.4 Å². The van der Waals surface area contributed by atoms with Gasteiger partial charge in [0.15, 0.2) is 17.3 Å². The Kier molecular flexibility index (Phi) is 6.15. The lowest BCUT2D eigenvalue weighted by Crippen LogP contribution is -2.24. The summed E-state index contributed by atoms with van der Waals surface area (Å²) in [5.74, 6) is 2.04. The molecular formula is C19H23N5O4. The van der Waals surface area contributed by atoms with Crippen LogP contribution in [0.3, 0.4) is 0 Å². The minimum atomic E-state index is -0.215. The summed E-state index contributed by atoms with van der Waals surface area (Å²) in [5, 5.41) is 6.65. The number of nitrogens with zero attached hydrogens (tertiary/aromatic N) is 2. The minimum absolute atomic E-state index is 0.215. The average Bonchev–Trinajstić information content (AvgIpc) is 3.24. The molecule has 0 atom stereocenters. The van der Waals surface area contributed by atoms with Gasteiger partial charge in [0, 0.05) is 24.5 Å². The lowest BCUT2D eigenvalue weighted by atomic mass is 10.2. The van der Waals surface area contributed by atoms with Gasteiger partial charge in [-0.15, -0.1) is 0 Å². The number of nitrogens with one attached hydrogen (secondary N) is 2. The van der Waals surface area contributed by atoms with Gasteiger partial charge in [-0.1, -0.05) is 0 Å². The molecule has 0 unspecified atom stereocenters. The number of aromatic nitrogens is 2. The molecule has 0 radical (unpaired) electrons. The molecule has 0 spiro atoms. The quantitative estimate of drug-likeness (QED) is 0.480. The number of fused-ring (bicyclic) bond motifs is 1. The van der Waals surface area contributed by atoms with Crippen molar-refractivity contribution in [1.29, 1.82) is 0 Å². The highest BCUT2D eigenvalue weighted by atomic mass is 16.5. The lowest BCUT2D eigenvalue weighted by molar-refractivity contribution is 0.0925. The first-order chi connectivity index (χ1) is 13.6. The number of unbranched alkanes of at least 4 members (excludes halogenated alkanes) is 1. The van der Waals surface area contributed by atoms with Crippen LogP contribution in [0, 0.1) is 0 Å². The van der Waals surface area contributed by atoms with Gasteiger partial charge in [0.1, 0.15) is 5.82 Å². The first-order valence-corrected chi connectivity index (χ1v) is 8.87. The maximum atomic E-state index is 11.7. The van der Waals surface area contributed by atoms with Crippen molar-refractivity contribution in [3.63, 3.8) is 0 Å². The summed E-state index contributed by atoms with van der Waals surface area (Å²) < 4.78 is 15.6. The molecule has 0 saturated carbocycles. The molecule has 0 aliphatic heterocycles. The van der Waals surface area contributed by atoms with Gasteiger partial charge in [-0.05, 0) is 31.0 Å². The van der Waals surface area contributed by atoms with E-state index in [1.165, 1.54) is 6.26 Å². The number of carbonyl (C=O) groups is 1. The second-order valence-electron chi connectivity index (χ2n) is 6.02. The molecule has 0 aliphatic carbocycles. The number of rotatable bonds is 9. The van der Waals surface area contributed by atoms with Crippen LogP contribution < -0.4 is 25.8 Å². The second kappa shape index (κ2) is 8.94. The van der Waals surface area contributed by atoms with Crippen molar-refractivity contribution in [1.82, 2.24) is 15.3 Å². The highest BCUT2D eigenvalue weighted by molar-refractivity contribution is 5.92. The maximum Gasteiger partial charge on any atom is 0.286 e. The summed E-state index contributed by atoms with van der Waals surface area (Å²) in [6.45, 7) is 1.20. The number of methoxy groups -OCH3 is 2. The fourth-order valence-electron chi connectivity index (χ4n) is 2.71. The van der Waals surface area contributed by atoms with Crippen molar-refractivity contribution >= 4 is 28.6 Å². The molecule has 0 bridgehead atoms. The SMILES string of the molecule is COc1cc2nc(NCCCCNC(=O)c3ccco3)nc(N)c2cc1OC. The predicted octanol–water partition coefficient (Wildman–Crippen LogP) is 2.44. The third kappa shape index (κ3) is 4.43. The number of furan rings is 1. The number of carbonyl (C=O) groups excluding carboxylic acids is 1. The van der Waals surface area contributed by atoms with Crippen LogP contribution in [0.2, 0.25) is 0 Å². The zero-order valence-electron chi connectivity index (χ0n) is 15.8. The van der Waals surface area contributed by atoms with Gasteiger partial charge >= 0.3 is 0 Å². The Balaban J connectivity index is 1.52. The Morgan fingerprint density at radius 1 is 1.14 bits per heavy atom. The fourth-order valence-corrected chi connectivity index (χ4v) is 2.71. The number of nitrogen functional groups attached to an aromatic ring is 1. The van der Waals surface area contributed by atoms with E-state index in [1.54, 1.807) is 38.5 Å². The highest BCUT2D eigenvalue weighted by Gasteiger charge is 2.11. The minimum Gasteiger partial charge on any atom is -0.493 e. The molecule has 2 heterocycles. The van der Waals surface area contributed by atoms with Gasteiger partial charge in [-0.25, -0.2) is 4.98 Å². The van der Waals surface area contributed by atoms with E-state index in [0.29, 0.717) is 53.0 Å². The van der Waals surface area contributed by atoms with E-state index in [1.807, 2.05) is 0 Å². The number of hydrogen-bond donors (Lipinski definition) is 3. The van der Waals surface area contributed by atoms with Crippen molar-refractivity contribution in [2.24, 2.45) is 0 Å². The number of amides is 1. The number of hydrogen-bond acceptors (Lipinski definition) is 8. The Morgan fingerprint density at radius 3 is 2.61 bits per heavy atom. The van der Waals surface area contributed by atoms with Crippen LogP contribution in [0.4, 0.5) is 11.8 Å². The zero-order valence-corrected chi connectivity index (χ0v) is 15.8. The fraction of sp³-hybridized carbons (Fsp3) is 0.316. The van der Waals surface area contributed by atoms with E-state index in [0.717, 1.165) is 12.8 Å². The van der Waals surface area contributed by atoms with Gasteiger partial charge in [0.05, 0.1) is 26.0 Å². The van der Waals surface area contributed by atoms with E-state index < -0.39 is 0 Å². The Bertz CT molecular complexity index is 943. The molecule has 3 rings (SSSR count). The number of anilines is 2. The Hall–Kier alpha value is -3.49. The van der Waals surface area contributed by atoms with Crippen LogP contribution in [0.25, 0.3) is 10.9 Å². The number of nitrogens with two attached hydrogens (primary N) is 1. The van der Waals surface area contributed by atoms with Crippen molar-refractivity contribution in [3.05, 3.63) is 36.3 Å². The van der Waals surface area contributed by atoms with Crippen LogP contribution in [-0.4, -0.2) is 43.2 Å². The standard InChI is InChI=1S/C19H23N5O4/c1-26-15-10-12-13(11-16(15)27-2)23-19(24-17(12)20)22-8-4-3-7-21-18(25)14-6-5-9-28-14/h5-6,9-11H,3-4,7-8H2,1-2H3,(H,21,25)(H3,20,22,23,24). The average molecular weight is 385 g/mol. The van der Waals surface area contributed by atoms with Crippen molar-refractivity contribution in [2.45, 2.75) is 12.8 Å². The topological polar surface area (TPSA) is 125 Å². The summed E-state index contributed by atoms with van der Waals surface area (Å²) in [5.41, 5.74) is 6.73. The largest absolute Gasteiger partial charge is 0.493 e. The second-order valence-corrected chi connectivity index (χ2v) is 6.02. The molecule has 2 aromatic heterocycles. The molecule has 1 aromatic carbocycles. The summed E-state index contributed by atoms with van der Waals surface area (Å²) in [7, 11) is 3.13. The first-order valence-electron chi connectivity index (χ1n) is 8.87. The van der Waals surface area contributed by atoms with Gasteiger partial charge in [0.2, 0.25) is 5.95 Å². The molecular weight excluding hydrogens is 362 g/mol. The predicted molar refractivity (Wildman–Crippen MR) is 106 cm³/mol. The van der Waals surface area contributed by atoms with Gasteiger partial charge < -0.3 is 30.3 Å². The van der Waals surface area contributed by atoms with Crippen molar-refractivity contribution in [3.8, 4) is 11.5 Å². The summed E-state index contributed by atoms with van der Waals surface area (Å²) in [6.07, 6.45) is 3.10. The zero-order chi connectivity index (χ0) is 19.9. The molecule has 148 valence electrons. The monoisotopic (exact) mass is 385 g/mol. The molecule has 9 heteroatoms. The number of benzene rings is 1. The first kappa shape index (κ1) is 19.3. The molecule has 3 aromatic rings. The Morgan fingerprint density at radius 2 is 1.89 bits per heavy atom. The molecule has 9 nitrogen and oxygen atoms in total. The summed E-state index contributed by atoms with van der Waals surface area (Å²) in [4.78, 5) is 20.5. The van der Waals surface area contributed by atoms with Crippen LogP contribution in [0.15, 0.2) is 34.9 Å². The van der Waals surface area contributed by atoms with Gasteiger partial charge in [0.25, 0.3) is 5.91 Å². The maximum absolute atomic E-state index is 11.7. The van der Waals surface area contributed by atoms with Gasteiger partial charge in [-0.2, -0.15) is 4.98 Å². The van der Waals surface area contributed by atoms with E-state index in [-0.39, 0.29) is 5.91 Å². The highest BCUT2D eigenvalue weighted by Crippen LogP contribution is 2.33. The molecule has 0 aliphatic rings. The molecule has 0 saturated heterocycles. The van der Waals surface area contributed by atoms with Crippen LogP contribution >= 0.6 is 0 Å². The Labute approximate surface area is 162 Å². The molecule has 1 amide bonds. The van der Waals surface area contributed by atoms with Gasteiger partial charge in [-0.3, -0.25) is 4.79 Å². The third-order valence-electron chi connectivity index (χ3n) is 4.15. The molecule has 4 N–H and O–H groups in total. The summed E-state index contributed by atoms with van der Waals surface area (Å²) >= 11 is 0. The van der Waals surface area contributed by atoms with E-state index in [2.05, 4.69) is 20.6 Å². The normalized spacial score (nSPS) is 10.6. The third-order valence-corrected chi connectivity index (χ3v) is 4.15. The number of ether oxygens (including phenoxy) is 2. The van der Waals surface area contributed by atoms with Crippen molar-refractivity contribution < 1.29 is 18.7 Å². The van der Waals surface area contributed by atoms with E-state index >= 15 is 0 Å². The molecule has 28 heavy (non-hydrogen) atoms. The smallest absolute Gasteiger partial charge is 0.286 e. The lowest BCUT2D eigenvalue weighted by Gasteiger charge is -2.11. The van der Waals surface area contributed by atoms with Crippen LogP contribution in [0.5, 0.6) is 11.5 Å². The van der Waals surface area contributed by atoms with Crippen LogP contribution in [0.1, 0.15) is 23.4 Å². The van der Waals surface area contributed by atoms with Crippen LogP contribution in [-0.2, 0) is 0 Å². The van der Waals surface area contributed by atoms with E-state index in [4.69, 9.17) is 19.6 Å². The van der Waals surface area contributed by atoms with E-state index in [9.17, 15) is 4.79 Å². The molecule has 0 fully saturated rings.